The zero-order valence-corrected chi connectivity index (χ0v) is 13.7. The molecule has 1 aromatic heterocycles. The Morgan fingerprint density at radius 1 is 1.08 bits per heavy atom. The summed E-state index contributed by atoms with van der Waals surface area (Å²) in [4.78, 5) is 29.3. The Kier molecular flexibility index (Phi) is 4.60. The summed E-state index contributed by atoms with van der Waals surface area (Å²) >= 11 is 0. The van der Waals surface area contributed by atoms with Crippen LogP contribution in [0.2, 0.25) is 0 Å². The fourth-order valence-electron chi connectivity index (χ4n) is 2.72. The SMILES string of the molecule is CCc1ccccc1NC(=O)C1(C(=O)NCc2ccccn2)CC1. The van der Waals surface area contributed by atoms with Gasteiger partial charge in [-0.05, 0) is 43.0 Å². The van der Waals surface area contributed by atoms with Crippen molar-refractivity contribution in [2.24, 2.45) is 5.41 Å². The minimum absolute atomic E-state index is 0.220. The van der Waals surface area contributed by atoms with Gasteiger partial charge in [0.2, 0.25) is 11.8 Å². The van der Waals surface area contributed by atoms with E-state index in [9.17, 15) is 9.59 Å². The van der Waals surface area contributed by atoms with Crippen LogP contribution in [0.15, 0.2) is 48.7 Å². The van der Waals surface area contributed by atoms with Gasteiger partial charge < -0.3 is 10.6 Å². The second-order valence-electron chi connectivity index (χ2n) is 6.05. The predicted molar refractivity (Wildman–Crippen MR) is 92.2 cm³/mol. The molecule has 1 aliphatic carbocycles. The molecule has 1 aliphatic rings. The molecule has 2 amide bonds. The molecule has 0 bridgehead atoms. The van der Waals surface area contributed by atoms with Crippen molar-refractivity contribution in [3.05, 3.63) is 59.9 Å². The van der Waals surface area contributed by atoms with Crippen LogP contribution in [0.25, 0.3) is 0 Å². The number of nitrogens with one attached hydrogen (secondary N) is 2. The lowest BCUT2D eigenvalue weighted by atomic mass is 10.0. The Labute approximate surface area is 141 Å². The first-order valence-electron chi connectivity index (χ1n) is 8.23. The molecule has 3 rings (SSSR count). The quantitative estimate of drug-likeness (QED) is 0.803. The molecule has 0 spiro atoms. The number of amides is 2. The number of aromatic nitrogens is 1. The Morgan fingerprint density at radius 3 is 2.50 bits per heavy atom. The average molecular weight is 323 g/mol. The maximum absolute atomic E-state index is 12.6. The first kappa shape index (κ1) is 16.2. The van der Waals surface area contributed by atoms with Crippen molar-refractivity contribution >= 4 is 17.5 Å². The summed E-state index contributed by atoms with van der Waals surface area (Å²) in [6.45, 7) is 2.37. The van der Waals surface area contributed by atoms with Crippen molar-refractivity contribution in [2.45, 2.75) is 32.7 Å². The number of carbonyl (C=O) groups is 2. The Bertz CT molecular complexity index is 739. The Hall–Kier alpha value is -2.69. The number of nitrogens with zero attached hydrogens (tertiary/aromatic N) is 1. The van der Waals surface area contributed by atoms with Crippen LogP contribution in [0, 0.1) is 5.41 Å². The Balaban J connectivity index is 1.64. The van der Waals surface area contributed by atoms with Crippen LogP contribution in [-0.2, 0) is 22.6 Å². The molecule has 1 saturated carbocycles. The minimum Gasteiger partial charge on any atom is -0.350 e. The molecule has 5 heteroatoms. The molecule has 1 aromatic carbocycles. The molecule has 1 heterocycles. The zero-order valence-electron chi connectivity index (χ0n) is 13.7. The van der Waals surface area contributed by atoms with Gasteiger partial charge in [0.05, 0.1) is 12.2 Å². The number of para-hydroxylation sites is 1. The molecule has 0 radical (unpaired) electrons. The second-order valence-corrected chi connectivity index (χ2v) is 6.05. The van der Waals surface area contributed by atoms with E-state index in [1.807, 2.05) is 49.4 Å². The molecule has 124 valence electrons. The molecular formula is C19H21N3O2. The van der Waals surface area contributed by atoms with Crippen molar-refractivity contribution in [3.8, 4) is 0 Å². The number of aryl methyl sites for hydroxylation is 1. The Morgan fingerprint density at radius 2 is 1.83 bits per heavy atom. The first-order valence-corrected chi connectivity index (χ1v) is 8.23. The van der Waals surface area contributed by atoms with E-state index in [4.69, 9.17) is 0 Å². The van der Waals surface area contributed by atoms with Gasteiger partial charge in [0.1, 0.15) is 5.41 Å². The van der Waals surface area contributed by atoms with E-state index in [0.29, 0.717) is 19.4 Å². The normalized spacial score (nSPS) is 14.7. The van der Waals surface area contributed by atoms with Crippen molar-refractivity contribution in [2.75, 3.05) is 5.32 Å². The number of hydrogen-bond acceptors (Lipinski definition) is 3. The summed E-state index contributed by atoms with van der Waals surface area (Å²) in [5, 5.41) is 5.76. The highest BCUT2D eigenvalue weighted by Gasteiger charge is 2.56. The van der Waals surface area contributed by atoms with Gasteiger partial charge in [-0.25, -0.2) is 0 Å². The molecule has 1 fully saturated rings. The standard InChI is InChI=1S/C19H21N3O2/c1-2-14-7-3-4-9-16(14)22-18(24)19(10-11-19)17(23)21-13-15-8-5-6-12-20-15/h3-9,12H,2,10-11,13H2,1H3,(H,21,23)(H,22,24). The van der Waals surface area contributed by atoms with Gasteiger partial charge in [0, 0.05) is 11.9 Å². The smallest absolute Gasteiger partial charge is 0.240 e. The number of hydrogen-bond donors (Lipinski definition) is 2. The van der Waals surface area contributed by atoms with Crippen molar-refractivity contribution < 1.29 is 9.59 Å². The van der Waals surface area contributed by atoms with E-state index in [0.717, 1.165) is 23.4 Å². The lowest BCUT2D eigenvalue weighted by Crippen LogP contribution is -2.39. The summed E-state index contributed by atoms with van der Waals surface area (Å²) in [5.74, 6) is -0.443. The third-order valence-corrected chi connectivity index (χ3v) is 4.42. The van der Waals surface area contributed by atoms with Crippen LogP contribution in [0.4, 0.5) is 5.69 Å². The number of benzene rings is 1. The minimum atomic E-state index is -0.935. The molecule has 2 aromatic rings. The number of rotatable bonds is 6. The largest absolute Gasteiger partial charge is 0.350 e. The summed E-state index contributed by atoms with van der Waals surface area (Å²) < 4.78 is 0. The van der Waals surface area contributed by atoms with Gasteiger partial charge in [0.15, 0.2) is 0 Å². The molecule has 5 nitrogen and oxygen atoms in total. The molecular weight excluding hydrogens is 302 g/mol. The van der Waals surface area contributed by atoms with E-state index >= 15 is 0 Å². The van der Waals surface area contributed by atoms with Crippen LogP contribution in [0.1, 0.15) is 31.0 Å². The third kappa shape index (κ3) is 3.30. The lowest BCUT2D eigenvalue weighted by Gasteiger charge is -2.16. The number of anilines is 1. The van der Waals surface area contributed by atoms with Gasteiger partial charge in [-0.1, -0.05) is 31.2 Å². The molecule has 0 aliphatic heterocycles. The van der Waals surface area contributed by atoms with E-state index in [-0.39, 0.29) is 11.8 Å². The summed E-state index contributed by atoms with van der Waals surface area (Å²) in [5.41, 5.74) is 1.69. The lowest BCUT2D eigenvalue weighted by molar-refractivity contribution is -0.134. The van der Waals surface area contributed by atoms with Crippen LogP contribution in [-0.4, -0.2) is 16.8 Å². The van der Waals surface area contributed by atoms with E-state index < -0.39 is 5.41 Å². The molecule has 24 heavy (non-hydrogen) atoms. The van der Waals surface area contributed by atoms with Crippen LogP contribution in [0.3, 0.4) is 0 Å². The van der Waals surface area contributed by atoms with Crippen molar-refractivity contribution in [1.29, 1.82) is 0 Å². The van der Waals surface area contributed by atoms with Crippen molar-refractivity contribution in [3.63, 3.8) is 0 Å². The molecule has 0 unspecified atom stereocenters. The fourth-order valence-corrected chi connectivity index (χ4v) is 2.72. The maximum Gasteiger partial charge on any atom is 0.240 e. The highest BCUT2D eigenvalue weighted by Crippen LogP contribution is 2.47. The highest BCUT2D eigenvalue weighted by atomic mass is 16.2. The van der Waals surface area contributed by atoms with Crippen molar-refractivity contribution in [1.82, 2.24) is 10.3 Å². The van der Waals surface area contributed by atoms with Gasteiger partial charge in [-0.3, -0.25) is 14.6 Å². The maximum atomic E-state index is 12.6. The van der Waals surface area contributed by atoms with Crippen LogP contribution in [0.5, 0.6) is 0 Å². The van der Waals surface area contributed by atoms with Crippen LogP contribution < -0.4 is 10.6 Å². The number of pyridine rings is 1. The summed E-state index contributed by atoms with van der Waals surface area (Å²) in [6.07, 6.45) is 3.68. The van der Waals surface area contributed by atoms with E-state index in [1.165, 1.54) is 0 Å². The summed E-state index contributed by atoms with van der Waals surface area (Å²) in [6, 6.07) is 13.2. The molecule has 0 saturated heterocycles. The average Bonchev–Trinajstić information content (AvgIpc) is 3.43. The topological polar surface area (TPSA) is 71.1 Å². The first-order chi connectivity index (χ1) is 11.7. The highest BCUT2D eigenvalue weighted by molar-refractivity contribution is 6.13. The third-order valence-electron chi connectivity index (χ3n) is 4.42. The van der Waals surface area contributed by atoms with Gasteiger partial charge in [0.25, 0.3) is 0 Å². The molecule has 0 atom stereocenters. The predicted octanol–water partition coefficient (Wildman–Crippen LogP) is 2.68. The van der Waals surface area contributed by atoms with Crippen LogP contribution >= 0.6 is 0 Å². The van der Waals surface area contributed by atoms with Gasteiger partial charge >= 0.3 is 0 Å². The number of carbonyl (C=O) groups excluding carboxylic acids is 2. The van der Waals surface area contributed by atoms with Gasteiger partial charge in [-0.15, -0.1) is 0 Å². The van der Waals surface area contributed by atoms with Gasteiger partial charge in [-0.2, -0.15) is 0 Å². The molecule has 2 N–H and O–H groups in total. The van der Waals surface area contributed by atoms with E-state index in [1.54, 1.807) is 6.20 Å². The fraction of sp³-hybridized carbons (Fsp3) is 0.316. The monoisotopic (exact) mass is 323 g/mol. The second kappa shape index (κ2) is 6.83. The summed E-state index contributed by atoms with van der Waals surface area (Å²) in [7, 11) is 0. The zero-order chi connectivity index (χ0) is 17.0. The van der Waals surface area contributed by atoms with E-state index in [2.05, 4.69) is 15.6 Å².